The van der Waals surface area contributed by atoms with Gasteiger partial charge in [0.15, 0.2) is 4.90 Å². The van der Waals surface area contributed by atoms with Gasteiger partial charge in [-0.25, -0.2) is 21.9 Å². The summed E-state index contributed by atoms with van der Waals surface area (Å²) in [6, 6.07) is 1.54. The highest BCUT2D eigenvalue weighted by Gasteiger charge is 2.26. The van der Waals surface area contributed by atoms with E-state index in [1.54, 1.807) is 0 Å². The maximum Gasteiger partial charge on any atom is 0.246 e. The Morgan fingerprint density at radius 3 is 2.53 bits per heavy atom. The molecule has 8 heteroatoms. The number of rotatable bonds is 4. The fourth-order valence-corrected chi connectivity index (χ4v) is 3.10. The number of benzene rings is 1. The van der Waals surface area contributed by atoms with Crippen molar-refractivity contribution in [1.29, 1.82) is 0 Å². The lowest BCUT2D eigenvalue weighted by Crippen LogP contribution is -2.32. The second-order valence-corrected chi connectivity index (χ2v) is 6.00. The van der Waals surface area contributed by atoms with Gasteiger partial charge in [0.1, 0.15) is 11.6 Å². The van der Waals surface area contributed by atoms with Crippen molar-refractivity contribution in [3.8, 4) is 0 Å². The molecule has 1 saturated heterocycles. The predicted octanol–water partition coefficient (Wildman–Crippen LogP) is 1.00. The lowest BCUT2D eigenvalue weighted by atomic mass is 10.2. The van der Waals surface area contributed by atoms with Crippen LogP contribution in [0, 0.1) is 11.6 Å². The standard InChI is InChI=1S/C11H14F2N2O3S/c12-9-4-7(14)5-10(13)11(9)19(16,17)15-6-8-2-1-3-18-8/h4-5,8,15H,1-3,6,14H2. The average molecular weight is 292 g/mol. The third-order valence-electron chi connectivity index (χ3n) is 2.81. The SMILES string of the molecule is Nc1cc(F)c(S(=O)(=O)NCC2CCCO2)c(F)c1. The zero-order valence-corrected chi connectivity index (χ0v) is 10.8. The van der Waals surface area contributed by atoms with Crippen molar-refractivity contribution < 1.29 is 21.9 Å². The van der Waals surface area contributed by atoms with Gasteiger partial charge in [0.05, 0.1) is 6.10 Å². The molecule has 1 aliphatic rings. The molecule has 1 heterocycles. The molecule has 1 unspecified atom stereocenters. The van der Waals surface area contributed by atoms with Gasteiger partial charge in [-0.15, -0.1) is 0 Å². The Morgan fingerprint density at radius 1 is 1.37 bits per heavy atom. The number of halogens is 2. The number of sulfonamides is 1. The van der Waals surface area contributed by atoms with Crippen LogP contribution in [-0.4, -0.2) is 27.7 Å². The molecule has 0 amide bonds. The second kappa shape index (κ2) is 5.40. The molecular formula is C11H14F2N2O3S. The van der Waals surface area contributed by atoms with Crippen LogP contribution in [0.4, 0.5) is 14.5 Å². The summed E-state index contributed by atoms with van der Waals surface area (Å²) in [5.74, 6) is -2.42. The number of nitrogens with two attached hydrogens (primary N) is 1. The van der Waals surface area contributed by atoms with Crippen molar-refractivity contribution >= 4 is 15.7 Å². The van der Waals surface area contributed by atoms with E-state index in [0.29, 0.717) is 6.61 Å². The van der Waals surface area contributed by atoms with E-state index >= 15 is 0 Å². The molecule has 106 valence electrons. The van der Waals surface area contributed by atoms with E-state index in [9.17, 15) is 17.2 Å². The molecule has 3 N–H and O–H groups in total. The summed E-state index contributed by atoms with van der Waals surface area (Å²) in [7, 11) is -4.26. The Balaban J connectivity index is 2.19. The molecule has 5 nitrogen and oxygen atoms in total. The van der Waals surface area contributed by atoms with Gasteiger partial charge in [0.2, 0.25) is 10.0 Å². The van der Waals surface area contributed by atoms with Gasteiger partial charge in [-0.3, -0.25) is 0 Å². The zero-order valence-electron chi connectivity index (χ0n) is 10.0. The number of nitrogens with one attached hydrogen (secondary N) is 1. The van der Waals surface area contributed by atoms with Crippen LogP contribution in [0.1, 0.15) is 12.8 Å². The highest BCUT2D eigenvalue weighted by atomic mass is 32.2. The Morgan fingerprint density at radius 2 is 2.00 bits per heavy atom. The highest BCUT2D eigenvalue weighted by Crippen LogP contribution is 2.22. The van der Waals surface area contributed by atoms with Crippen molar-refractivity contribution in [3.63, 3.8) is 0 Å². The largest absolute Gasteiger partial charge is 0.399 e. The Kier molecular flexibility index (Phi) is 4.02. The zero-order chi connectivity index (χ0) is 14.0. The van der Waals surface area contributed by atoms with Crippen LogP contribution in [0.5, 0.6) is 0 Å². The Bertz CT molecular complexity index is 548. The molecule has 19 heavy (non-hydrogen) atoms. The van der Waals surface area contributed by atoms with E-state index in [4.69, 9.17) is 10.5 Å². The third kappa shape index (κ3) is 3.20. The van der Waals surface area contributed by atoms with Crippen molar-refractivity contribution in [2.75, 3.05) is 18.9 Å². The van der Waals surface area contributed by atoms with Gasteiger partial charge in [0, 0.05) is 18.8 Å². The predicted molar refractivity (Wildman–Crippen MR) is 64.9 cm³/mol. The van der Waals surface area contributed by atoms with E-state index in [-0.39, 0.29) is 18.3 Å². The maximum absolute atomic E-state index is 13.5. The molecule has 1 aromatic carbocycles. The van der Waals surface area contributed by atoms with Crippen molar-refractivity contribution in [3.05, 3.63) is 23.8 Å². The average Bonchev–Trinajstić information content (AvgIpc) is 2.77. The summed E-state index contributed by atoms with van der Waals surface area (Å²) in [6.45, 7) is 0.558. The number of hydrogen-bond acceptors (Lipinski definition) is 4. The van der Waals surface area contributed by atoms with E-state index < -0.39 is 26.6 Å². The smallest absolute Gasteiger partial charge is 0.246 e. The Labute approximate surface area is 109 Å². The van der Waals surface area contributed by atoms with E-state index in [0.717, 1.165) is 25.0 Å². The van der Waals surface area contributed by atoms with Crippen molar-refractivity contribution in [2.24, 2.45) is 0 Å². The van der Waals surface area contributed by atoms with Crippen molar-refractivity contribution in [2.45, 2.75) is 23.8 Å². The minimum Gasteiger partial charge on any atom is -0.399 e. The molecule has 0 aromatic heterocycles. The summed E-state index contributed by atoms with van der Waals surface area (Å²) < 4.78 is 58.2. The molecular weight excluding hydrogens is 278 g/mol. The van der Waals surface area contributed by atoms with Crippen LogP contribution < -0.4 is 10.5 Å². The minimum absolute atomic E-state index is 0.00834. The number of ether oxygens (including phenoxy) is 1. The number of nitrogen functional groups attached to an aromatic ring is 1. The molecule has 1 aromatic rings. The number of hydrogen-bond donors (Lipinski definition) is 2. The topological polar surface area (TPSA) is 81.4 Å². The van der Waals surface area contributed by atoms with Gasteiger partial charge < -0.3 is 10.5 Å². The Hall–Kier alpha value is -1.25. The van der Waals surface area contributed by atoms with Crippen LogP contribution in [0.15, 0.2) is 17.0 Å². The van der Waals surface area contributed by atoms with Crippen LogP contribution in [-0.2, 0) is 14.8 Å². The normalized spacial score (nSPS) is 19.8. The minimum atomic E-state index is -4.26. The second-order valence-electron chi connectivity index (χ2n) is 4.30. The first-order valence-electron chi connectivity index (χ1n) is 5.76. The van der Waals surface area contributed by atoms with Gasteiger partial charge in [-0.1, -0.05) is 0 Å². The molecule has 2 rings (SSSR count). The lowest BCUT2D eigenvalue weighted by molar-refractivity contribution is 0.114. The molecule has 0 bridgehead atoms. The molecule has 0 radical (unpaired) electrons. The molecule has 1 aliphatic heterocycles. The summed E-state index contributed by atoms with van der Waals surface area (Å²) in [5.41, 5.74) is 5.06. The molecule has 0 aliphatic carbocycles. The molecule has 1 fully saturated rings. The van der Waals surface area contributed by atoms with E-state index in [1.165, 1.54) is 0 Å². The summed E-state index contributed by atoms with van der Waals surface area (Å²) in [6.07, 6.45) is 1.31. The third-order valence-corrected chi connectivity index (χ3v) is 4.29. The monoisotopic (exact) mass is 292 g/mol. The van der Waals surface area contributed by atoms with Crippen LogP contribution in [0.25, 0.3) is 0 Å². The van der Waals surface area contributed by atoms with Crippen LogP contribution in [0.2, 0.25) is 0 Å². The summed E-state index contributed by atoms with van der Waals surface area (Å²) in [5, 5.41) is 0. The first kappa shape index (κ1) is 14.2. The molecule has 0 saturated carbocycles. The first-order chi connectivity index (χ1) is 8.90. The van der Waals surface area contributed by atoms with Gasteiger partial charge in [-0.2, -0.15) is 0 Å². The van der Waals surface area contributed by atoms with Gasteiger partial charge in [-0.05, 0) is 25.0 Å². The highest BCUT2D eigenvalue weighted by molar-refractivity contribution is 7.89. The quantitative estimate of drug-likeness (QED) is 0.811. The van der Waals surface area contributed by atoms with Gasteiger partial charge in [0.25, 0.3) is 0 Å². The first-order valence-corrected chi connectivity index (χ1v) is 7.24. The molecule has 1 atom stereocenters. The van der Waals surface area contributed by atoms with E-state index in [2.05, 4.69) is 4.72 Å². The number of anilines is 1. The van der Waals surface area contributed by atoms with E-state index in [1.807, 2.05) is 0 Å². The maximum atomic E-state index is 13.5. The lowest BCUT2D eigenvalue weighted by Gasteiger charge is -2.12. The van der Waals surface area contributed by atoms with Crippen LogP contribution >= 0.6 is 0 Å². The van der Waals surface area contributed by atoms with Gasteiger partial charge >= 0.3 is 0 Å². The summed E-state index contributed by atoms with van der Waals surface area (Å²) in [4.78, 5) is -1.01. The summed E-state index contributed by atoms with van der Waals surface area (Å²) >= 11 is 0. The fraction of sp³-hybridized carbons (Fsp3) is 0.455. The van der Waals surface area contributed by atoms with Crippen molar-refractivity contribution in [1.82, 2.24) is 4.72 Å². The molecule has 0 spiro atoms. The van der Waals surface area contributed by atoms with Crippen LogP contribution in [0.3, 0.4) is 0 Å². The fourth-order valence-electron chi connectivity index (χ4n) is 1.92.